The third kappa shape index (κ3) is 15.1. The number of hydrogen-bond donors (Lipinski definition) is 0. The van der Waals surface area contributed by atoms with Gasteiger partial charge in [0.25, 0.3) is 0 Å². The lowest BCUT2D eigenvalue weighted by atomic mass is 10.1. The second-order valence-electron chi connectivity index (χ2n) is 4.86. The van der Waals surface area contributed by atoms with E-state index in [0.29, 0.717) is 13.2 Å². The monoisotopic (exact) mass is 304 g/mol. The van der Waals surface area contributed by atoms with E-state index in [1.54, 1.807) is 13.8 Å². The van der Waals surface area contributed by atoms with Gasteiger partial charge in [-0.3, -0.25) is 9.59 Å². The molecule has 21 heavy (non-hydrogen) atoms. The van der Waals surface area contributed by atoms with Gasteiger partial charge in [-0.05, 0) is 26.7 Å². The molecule has 0 N–H and O–H groups in total. The smallest absolute Gasteiger partial charge is 0.304 e. The van der Waals surface area contributed by atoms with Crippen LogP contribution < -0.4 is 0 Å². The van der Waals surface area contributed by atoms with Gasteiger partial charge in [0.15, 0.2) is 12.6 Å². The van der Waals surface area contributed by atoms with Gasteiger partial charge >= 0.3 is 11.9 Å². The molecule has 0 radical (unpaired) electrons. The normalized spacial score (nSPS) is 13.5. The Morgan fingerprint density at radius 2 is 1.05 bits per heavy atom. The molecule has 0 heterocycles. The van der Waals surface area contributed by atoms with E-state index in [2.05, 4.69) is 0 Å². The Morgan fingerprint density at radius 1 is 0.714 bits per heavy atom. The summed E-state index contributed by atoms with van der Waals surface area (Å²) in [5, 5.41) is 0. The van der Waals surface area contributed by atoms with Gasteiger partial charge in [0, 0.05) is 13.8 Å². The van der Waals surface area contributed by atoms with E-state index in [-0.39, 0.29) is 11.9 Å². The number of ether oxygens (including phenoxy) is 4. The molecule has 0 saturated carbocycles. The lowest BCUT2D eigenvalue weighted by Gasteiger charge is -2.13. The minimum atomic E-state index is -0.473. The van der Waals surface area contributed by atoms with Crippen molar-refractivity contribution in [1.29, 1.82) is 0 Å². The fraction of sp³-hybridized carbons (Fsp3) is 0.867. The molecule has 0 saturated heterocycles. The first-order valence-electron chi connectivity index (χ1n) is 7.49. The maximum atomic E-state index is 10.7. The highest BCUT2D eigenvalue weighted by atomic mass is 16.7. The molecule has 0 aliphatic carbocycles. The van der Waals surface area contributed by atoms with Gasteiger partial charge in [0.1, 0.15) is 0 Å². The molecule has 0 aromatic heterocycles. The summed E-state index contributed by atoms with van der Waals surface area (Å²) in [5.74, 6) is -0.657. The first kappa shape index (κ1) is 19.9. The zero-order valence-corrected chi connectivity index (χ0v) is 13.6. The topological polar surface area (TPSA) is 71.1 Å². The van der Waals surface area contributed by atoms with Crippen LogP contribution in [0.2, 0.25) is 0 Å². The summed E-state index contributed by atoms with van der Waals surface area (Å²) >= 11 is 0. The molecule has 0 rings (SSSR count). The number of unbranched alkanes of at least 4 members (excludes halogenated alkanes) is 4. The van der Waals surface area contributed by atoms with Crippen LogP contribution in [-0.2, 0) is 28.5 Å². The minimum Gasteiger partial charge on any atom is -0.436 e. The molecule has 2 atom stereocenters. The maximum Gasteiger partial charge on any atom is 0.304 e. The van der Waals surface area contributed by atoms with Crippen LogP contribution in [0, 0.1) is 0 Å². The van der Waals surface area contributed by atoms with E-state index in [0.717, 1.165) is 32.1 Å². The molecule has 6 heteroatoms. The number of esters is 2. The summed E-state index contributed by atoms with van der Waals surface area (Å²) in [6.45, 7) is 7.34. The van der Waals surface area contributed by atoms with Crippen LogP contribution in [-0.4, -0.2) is 37.7 Å². The van der Waals surface area contributed by atoms with Gasteiger partial charge in [0.2, 0.25) is 0 Å². The molecule has 0 aliphatic rings. The van der Waals surface area contributed by atoms with Gasteiger partial charge in [-0.25, -0.2) is 0 Å². The number of hydrogen-bond acceptors (Lipinski definition) is 6. The van der Waals surface area contributed by atoms with Crippen LogP contribution in [0.5, 0.6) is 0 Å². The molecule has 0 bridgehead atoms. The SMILES string of the molecule is CC(=O)OC(C)OCCCCCCCOC(C)OC(C)=O. The average molecular weight is 304 g/mol. The van der Waals surface area contributed by atoms with E-state index in [4.69, 9.17) is 18.9 Å². The van der Waals surface area contributed by atoms with Crippen molar-refractivity contribution < 1.29 is 28.5 Å². The second-order valence-corrected chi connectivity index (χ2v) is 4.86. The summed E-state index contributed by atoms with van der Waals surface area (Å²) in [6, 6.07) is 0. The molecule has 0 aliphatic heterocycles. The van der Waals surface area contributed by atoms with Gasteiger partial charge in [-0.1, -0.05) is 19.3 Å². The van der Waals surface area contributed by atoms with Crippen LogP contribution >= 0.6 is 0 Å². The molecule has 0 aromatic carbocycles. The van der Waals surface area contributed by atoms with Crippen molar-refractivity contribution in [3.63, 3.8) is 0 Å². The fourth-order valence-electron chi connectivity index (χ4n) is 1.77. The lowest BCUT2D eigenvalue weighted by molar-refractivity contribution is -0.173. The van der Waals surface area contributed by atoms with Gasteiger partial charge in [0.05, 0.1) is 13.2 Å². The van der Waals surface area contributed by atoms with E-state index >= 15 is 0 Å². The van der Waals surface area contributed by atoms with Gasteiger partial charge in [-0.15, -0.1) is 0 Å². The quantitative estimate of drug-likeness (QED) is 0.314. The predicted molar refractivity (Wildman–Crippen MR) is 77.4 cm³/mol. The Morgan fingerprint density at radius 3 is 1.38 bits per heavy atom. The van der Waals surface area contributed by atoms with Crippen molar-refractivity contribution in [1.82, 2.24) is 0 Å². The minimum absolute atomic E-state index is 0.328. The fourth-order valence-corrected chi connectivity index (χ4v) is 1.77. The molecule has 0 fully saturated rings. The van der Waals surface area contributed by atoms with E-state index in [1.165, 1.54) is 13.8 Å². The van der Waals surface area contributed by atoms with Crippen LogP contribution in [0.4, 0.5) is 0 Å². The summed E-state index contributed by atoms with van der Waals surface area (Å²) < 4.78 is 20.4. The third-order valence-corrected chi connectivity index (χ3v) is 2.66. The first-order valence-corrected chi connectivity index (χ1v) is 7.49. The molecule has 0 aromatic rings. The highest BCUT2D eigenvalue weighted by Gasteiger charge is 2.05. The second kappa shape index (κ2) is 12.6. The first-order chi connectivity index (χ1) is 9.91. The zero-order chi connectivity index (χ0) is 16.1. The Balaban J connectivity index is 3.26. The largest absolute Gasteiger partial charge is 0.436 e. The number of carbonyl (C=O) groups excluding carboxylic acids is 2. The van der Waals surface area contributed by atoms with Gasteiger partial charge < -0.3 is 18.9 Å². The molecule has 0 amide bonds. The van der Waals surface area contributed by atoms with E-state index in [9.17, 15) is 9.59 Å². The van der Waals surface area contributed by atoms with Crippen molar-refractivity contribution >= 4 is 11.9 Å². The third-order valence-electron chi connectivity index (χ3n) is 2.66. The van der Waals surface area contributed by atoms with Crippen molar-refractivity contribution in [3.8, 4) is 0 Å². The summed E-state index contributed by atoms with van der Waals surface area (Å²) in [6.07, 6.45) is 4.15. The molecule has 2 unspecified atom stereocenters. The Bertz CT molecular complexity index is 264. The Hall–Kier alpha value is -1.14. The van der Waals surface area contributed by atoms with Crippen LogP contribution in [0.3, 0.4) is 0 Å². The molecule has 124 valence electrons. The van der Waals surface area contributed by atoms with Gasteiger partial charge in [-0.2, -0.15) is 0 Å². The molecule has 6 nitrogen and oxygen atoms in total. The number of carbonyl (C=O) groups is 2. The summed E-state index contributed by atoms with van der Waals surface area (Å²) in [7, 11) is 0. The molecular formula is C15H28O6. The van der Waals surface area contributed by atoms with Crippen molar-refractivity contribution in [3.05, 3.63) is 0 Å². The Kier molecular flexibility index (Phi) is 11.9. The van der Waals surface area contributed by atoms with Crippen LogP contribution in [0.1, 0.15) is 59.8 Å². The zero-order valence-electron chi connectivity index (χ0n) is 13.6. The van der Waals surface area contributed by atoms with Crippen molar-refractivity contribution in [2.24, 2.45) is 0 Å². The van der Waals surface area contributed by atoms with Crippen LogP contribution in [0.25, 0.3) is 0 Å². The highest BCUT2D eigenvalue weighted by Crippen LogP contribution is 2.06. The lowest BCUT2D eigenvalue weighted by Crippen LogP contribution is -2.16. The summed E-state index contributed by atoms with van der Waals surface area (Å²) in [5.41, 5.74) is 0. The molecule has 0 spiro atoms. The Labute approximate surface area is 127 Å². The number of rotatable bonds is 12. The standard InChI is InChI=1S/C15H28O6/c1-12(16)20-14(3)18-10-8-6-5-7-9-11-19-15(4)21-13(2)17/h14-15H,5-11H2,1-4H3. The van der Waals surface area contributed by atoms with E-state index in [1.807, 2.05) is 0 Å². The average Bonchev–Trinajstić information content (AvgIpc) is 2.34. The van der Waals surface area contributed by atoms with Crippen LogP contribution in [0.15, 0.2) is 0 Å². The molecular weight excluding hydrogens is 276 g/mol. The maximum absolute atomic E-state index is 10.7. The van der Waals surface area contributed by atoms with Crippen molar-refractivity contribution in [2.75, 3.05) is 13.2 Å². The van der Waals surface area contributed by atoms with E-state index < -0.39 is 12.6 Å². The highest BCUT2D eigenvalue weighted by molar-refractivity contribution is 5.66. The summed E-state index contributed by atoms with van der Waals surface area (Å²) in [4.78, 5) is 21.3. The van der Waals surface area contributed by atoms with Crippen molar-refractivity contribution in [2.45, 2.75) is 72.4 Å². The predicted octanol–water partition coefficient (Wildman–Crippen LogP) is 2.79.